The lowest BCUT2D eigenvalue weighted by Crippen LogP contribution is -2.24. The summed E-state index contributed by atoms with van der Waals surface area (Å²) in [5.41, 5.74) is 1.57. The fourth-order valence-electron chi connectivity index (χ4n) is 2.80. The second-order valence-corrected chi connectivity index (χ2v) is 8.38. The molecule has 3 rings (SSSR count). The van der Waals surface area contributed by atoms with Crippen LogP contribution in [0.25, 0.3) is 0 Å². The second kappa shape index (κ2) is 8.52. The van der Waals surface area contributed by atoms with Gasteiger partial charge in [0.05, 0.1) is 6.26 Å². The van der Waals surface area contributed by atoms with Crippen LogP contribution >= 0.6 is 0 Å². The molecule has 1 N–H and O–H groups in total. The van der Waals surface area contributed by atoms with Crippen molar-refractivity contribution >= 4 is 27.5 Å². The lowest BCUT2D eigenvalue weighted by molar-refractivity contribution is -0.146. The average molecular weight is 419 g/mol. The Morgan fingerprint density at radius 1 is 1.10 bits per heavy atom. The number of sulfonamides is 1. The summed E-state index contributed by atoms with van der Waals surface area (Å²) in [6.45, 7) is 1.69. The number of rotatable bonds is 8. The SMILES string of the molecule is C[C@H](OC(=O)CCc1ccc2c(c1)OCO2)C(=O)c1ccc(NS(C)(=O)=O)cc1. The third-order valence-electron chi connectivity index (χ3n) is 4.20. The standard InChI is InChI=1S/C20H21NO7S/c1-13(20(23)15-5-7-16(8-6-15)21-29(2,24)25)28-19(22)10-4-14-3-9-17-18(11-14)27-12-26-17/h3,5-9,11,13,21H,4,10,12H2,1-2H3/t13-/m0/s1. The zero-order valence-corrected chi connectivity index (χ0v) is 16.8. The molecule has 1 aliphatic heterocycles. The second-order valence-electron chi connectivity index (χ2n) is 6.64. The molecule has 0 amide bonds. The van der Waals surface area contributed by atoms with Gasteiger partial charge in [-0.25, -0.2) is 8.42 Å². The van der Waals surface area contributed by atoms with Crippen molar-refractivity contribution in [3.05, 3.63) is 53.6 Å². The molecule has 9 heteroatoms. The van der Waals surface area contributed by atoms with Crippen molar-refractivity contribution in [2.45, 2.75) is 25.9 Å². The normalized spacial score (nSPS) is 13.6. The summed E-state index contributed by atoms with van der Waals surface area (Å²) in [6, 6.07) is 11.4. The Kier molecular flexibility index (Phi) is 6.07. The van der Waals surface area contributed by atoms with E-state index in [0.717, 1.165) is 11.8 Å². The summed E-state index contributed by atoms with van der Waals surface area (Å²) in [7, 11) is -3.39. The van der Waals surface area contributed by atoms with Gasteiger partial charge in [-0.1, -0.05) is 6.07 Å². The summed E-state index contributed by atoms with van der Waals surface area (Å²) in [5.74, 6) is 0.465. The Morgan fingerprint density at radius 2 is 1.79 bits per heavy atom. The van der Waals surface area contributed by atoms with Crippen molar-refractivity contribution in [2.75, 3.05) is 17.8 Å². The molecule has 8 nitrogen and oxygen atoms in total. The smallest absolute Gasteiger partial charge is 0.306 e. The van der Waals surface area contributed by atoms with E-state index in [1.807, 2.05) is 12.1 Å². The van der Waals surface area contributed by atoms with Crippen molar-refractivity contribution in [1.29, 1.82) is 0 Å². The summed E-state index contributed by atoms with van der Waals surface area (Å²) in [4.78, 5) is 24.5. The summed E-state index contributed by atoms with van der Waals surface area (Å²) in [6.07, 6.45) is 0.654. The number of aryl methyl sites for hydroxylation is 1. The van der Waals surface area contributed by atoms with Crippen LogP contribution in [0.4, 0.5) is 5.69 Å². The van der Waals surface area contributed by atoms with Crippen molar-refractivity contribution in [3.63, 3.8) is 0 Å². The zero-order valence-electron chi connectivity index (χ0n) is 16.0. The minimum atomic E-state index is -3.39. The lowest BCUT2D eigenvalue weighted by atomic mass is 10.1. The van der Waals surface area contributed by atoms with E-state index in [2.05, 4.69) is 4.72 Å². The van der Waals surface area contributed by atoms with Crippen LogP contribution in [0.5, 0.6) is 11.5 Å². The van der Waals surface area contributed by atoms with Gasteiger partial charge >= 0.3 is 5.97 Å². The molecule has 2 aromatic carbocycles. The van der Waals surface area contributed by atoms with E-state index in [4.69, 9.17) is 14.2 Å². The van der Waals surface area contributed by atoms with Crippen LogP contribution in [0.3, 0.4) is 0 Å². The first kappa shape index (κ1) is 20.7. The molecule has 0 aliphatic carbocycles. The maximum absolute atomic E-state index is 12.4. The minimum Gasteiger partial charge on any atom is -0.454 e. The molecule has 0 unspecified atom stereocenters. The average Bonchev–Trinajstić information content (AvgIpc) is 3.13. The number of carbonyl (C=O) groups is 2. The predicted octanol–water partition coefficient (Wildman–Crippen LogP) is 2.53. The number of benzene rings is 2. The van der Waals surface area contributed by atoms with E-state index in [9.17, 15) is 18.0 Å². The number of anilines is 1. The molecule has 2 aromatic rings. The molecule has 1 aliphatic rings. The number of esters is 1. The van der Waals surface area contributed by atoms with E-state index in [1.165, 1.54) is 31.2 Å². The molecule has 1 heterocycles. The Labute approximate surface area is 168 Å². The number of carbonyl (C=O) groups excluding carboxylic acids is 2. The third kappa shape index (κ3) is 5.71. The van der Waals surface area contributed by atoms with E-state index >= 15 is 0 Å². The molecular formula is C20H21NO7S. The number of hydrogen-bond donors (Lipinski definition) is 1. The van der Waals surface area contributed by atoms with Crippen molar-refractivity contribution in [1.82, 2.24) is 0 Å². The number of hydrogen-bond acceptors (Lipinski definition) is 7. The quantitative estimate of drug-likeness (QED) is 0.517. The Balaban J connectivity index is 1.51. The topological polar surface area (TPSA) is 108 Å². The molecule has 0 fully saturated rings. The number of ketones is 1. The monoisotopic (exact) mass is 419 g/mol. The highest BCUT2D eigenvalue weighted by molar-refractivity contribution is 7.92. The molecule has 0 spiro atoms. The molecule has 0 saturated carbocycles. The van der Waals surface area contributed by atoms with Gasteiger partial charge in [0.15, 0.2) is 17.6 Å². The number of ether oxygens (including phenoxy) is 3. The molecule has 0 saturated heterocycles. The van der Waals surface area contributed by atoms with E-state index in [-0.39, 0.29) is 19.0 Å². The number of fused-ring (bicyclic) bond motifs is 1. The molecule has 29 heavy (non-hydrogen) atoms. The van der Waals surface area contributed by atoms with Crippen LogP contribution in [0.15, 0.2) is 42.5 Å². The van der Waals surface area contributed by atoms with Crippen LogP contribution in [0, 0.1) is 0 Å². The summed E-state index contributed by atoms with van der Waals surface area (Å²) in [5, 5.41) is 0. The molecular weight excluding hydrogens is 398 g/mol. The van der Waals surface area contributed by atoms with Crippen LogP contribution in [0.1, 0.15) is 29.3 Å². The largest absolute Gasteiger partial charge is 0.454 e. The first-order valence-electron chi connectivity index (χ1n) is 8.91. The highest BCUT2D eigenvalue weighted by Gasteiger charge is 2.20. The van der Waals surface area contributed by atoms with Crippen LogP contribution in [0.2, 0.25) is 0 Å². The van der Waals surface area contributed by atoms with Gasteiger partial charge in [0.25, 0.3) is 0 Å². The lowest BCUT2D eigenvalue weighted by Gasteiger charge is -2.13. The van der Waals surface area contributed by atoms with Crippen LogP contribution < -0.4 is 14.2 Å². The van der Waals surface area contributed by atoms with Gasteiger partial charge in [-0.3, -0.25) is 14.3 Å². The van der Waals surface area contributed by atoms with E-state index in [1.54, 1.807) is 6.07 Å². The van der Waals surface area contributed by atoms with Gasteiger partial charge in [0, 0.05) is 17.7 Å². The maximum Gasteiger partial charge on any atom is 0.306 e. The molecule has 0 bridgehead atoms. The van der Waals surface area contributed by atoms with Gasteiger partial charge in [-0.2, -0.15) is 0 Å². The van der Waals surface area contributed by atoms with E-state index in [0.29, 0.717) is 29.2 Å². The van der Waals surface area contributed by atoms with Crippen LogP contribution in [-0.4, -0.2) is 39.3 Å². The summed E-state index contributed by atoms with van der Waals surface area (Å²) >= 11 is 0. The van der Waals surface area contributed by atoms with Gasteiger partial charge in [0.1, 0.15) is 0 Å². The zero-order chi connectivity index (χ0) is 21.0. The highest BCUT2D eigenvalue weighted by Crippen LogP contribution is 2.32. The number of nitrogens with one attached hydrogen (secondary N) is 1. The fraction of sp³-hybridized carbons (Fsp3) is 0.300. The minimum absolute atomic E-state index is 0.120. The fourth-order valence-corrected chi connectivity index (χ4v) is 3.37. The predicted molar refractivity (Wildman–Crippen MR) is 106 cm³/mol. The third-order valence-corrected chi connectivity index (χ3v) is 4.81. The Bertz CT molecular complexity index is 1020. The molecule has 154 valence electrons. The van der Waals surface area contributed by atoms with Crippen molar-refractivity contribution < 1.29 is 32.2 Å². The highest BCUT2D eigenvalue weighted by atomic mass is 32.2. The Morgan fingerprint density at radius 3 is 2.48 bits per heavy atom. The van der Waals surface area contributed by atoms with Crippen molar-refractivity contribution in [3.8, 4) is 11.5 Å². The van der Waals surface area contributed by atoms with Gasteiger partial charge in [-0.05, 0) is 55.3 Å². The van der Waals surface area contributed by atoms with E-state index < -0.39 is 22.1 Å². The van der Waals surface area contributed by atoms with Gasteiger partial charge < -0.3 is 14.2 Å². The first-order chi connectivity index (χ1) is 13.7. The van der Waals surface area contributed by atoms with Gasteiger partial charge in [-0.15, -0.1) is 0 Å². The Hall–Kier alpha value is -3.07. The van der Waals surface area contributed by atoms with Crippen LogP contribution in [-0.2, 0) is 26.0 Å². The first-order valence-corrected chi connectivity index (χ1v) is 10.8. The summed E-state index contributed by atoms with van der Waals surface area (Å²) < 4.78 is 40.5. The molecule has 1 atom stereocenters. The molecule has 0 aromatic heterocycles. The number of Topliss-reactive ketones (excluding diaryl/α,β-unsaturated/α-hetero) is 1. The molecule has 0 radical (unpaired) electrons. The van der Waals surface area contributed by atoms with Gasteiger partial charge in [0.2, 0.25) is 22.6 Å². The maximum atomic E-state index is 12.4. The van der Waals surface area contributed by atoms with Crippen molar-refractivity contribution in [2.24, 2.45) is 0 Å².